The Morgan fingerprint density at radius 3 is 2.56 bits per heavy atom. The van der Waals surface area contributed by atoms with E-state index >= 15 is 0 Å². The van der Waals surface area contributed by atoms with E-state index in [9.17, 15) is 8.42 Å². The Kier molecular flexibility index (Phi) is 8.43. The summed E-state index contributed by atoms with van der Waals surface area (Å²) in [5.74, 6) is 1.61. The molecule has 25 heavy (non-hydrogen) atoms. The molecule has 8 heteroatoms. The quantitative estimate of drug-likeness (QED) is 0.380. The van der Waals surface area contributed by atoms with Crippen LogP contribution in [0.2, 0.25) is 0 Å². The normalized spacial score (nSPS) is 11.7. The molecular formula is C17H24IN3O3S. The maximum atomic E-state index is 11.6. The highest BCUT2D eigenvalue weighted by Gasteiger charge is 2.10. The molecule has 0 aliphatic rings. The van der Waals surface area contributed by atoms with Gasteiger partial charge in [-0.1, -0.05) is 12.1 Å². The second-order valence-electron chi connectivity index (χ2n) is 5.55. The monoisotopic (exact) mass is 477 g/mol. The molecule has 0 bridgehead atoms. The van der Waals surface area contributed by atoms with Crippen molar-refractivity contribution in [1.29, 1.82) is 0 Å². The molecule has 0 unspecified atom stereocenters. The van der Waals surface area contributed by atoms with Crippen molar-refractivity contribution in [2.24, 2.45) is 4.99 Å². The van der Waals surface area contributed by atoms with Crippen molar-refractivity contribution in [3.05, 3.63) is 53.5 Å². The third kappa shape index (κ3) is 6.69. The van der Waals surface area contributed by atoms with Crippen LogP contribution in [-0.4, -0.2) is 34.2 Å². The van der Waals surface area contributed by atoms with Crippen LogP contribution in [0, 0.1) is 6.92 Å². The smallest absolute Gasteiger partial charge is 0.191 e. The SMILES string of the molecule is CN=C(NCCc1ccco1)NCc1ccc(S(C)(=O)=O)c(C)c1.I. The van der Waals surface area contributed by atoms with Gasteiger partial charge < -0.3 is 15.1 Å². The first-order chi connectivity index (χ1) is 11.4. The number of benzene rings is 1. The molecule has 2 N–H and O–H groups in total. The van der Waals surface area contributed by atoms with E-state index in [-0.39, 0.29) is 24.0 Å². The van der Waals surface area contributed by atoms with Gasteiger partial charge in [0.15, 0.2) is 15.8 Å². The van der Waals surface area contributed by atoms with Crippen molar-refractivity contribution in [3.63, 3.8) is 0 Å². The van der Waals surface area contributed by atoms with Crippen LogP contribution in [0.4, 0.5) is 0 Å². The number of aliphatic imine (C=N–C) groups is 1. The highest BCUT2D eigenvalue weighted by molar-refractivity contribution is 14.0. The summed E-state index contributed by atoms with van der Waals surface area (Å²) in [4.78, 5) is 4.54. The number of sulfone groups is 1. The molecule has 0 radical (unpaired) electrons. The third-order valence-electron chi connectivity index (χ3n) is 3.57. The van der Waals surface area contributed by atoms with Crippen LogP contribution in [0.5, 0.6) is 0 Å². The van der Waals surface area contributed by atoms with Crippen LogP contribution in [0.3, 0.4) is 0 Å². The Labute approximate surface area is 166 Å². The molecule has 1 heterocycles. The lowest BCUT2D eigenvalue weighted by molar-refractivity contribution is 0.507. The van der Waals surface area contributed by atoms with E-state index in [4.69, 9.17) is 4.42 Å². The summed E-state index contributed by atoms with van der Waals surface area (Å²) in [5.41, 5.74) is 1.74. The summed E-state index contributed by atoms with van der Waals surface area (Å²) in [6, 6.07) is 9.13. The van der Waals surface area contributed by atoms with E-state index in [0.29, 0.717) is 23.9 Å². The number of nitrogens with one attached hydrogen (secondary N) is 2. The number of aryl methyl sites for hydroxylation is 1. The van der Waals surface area contributed by atoms with E-state index < -0.39 is 9.84 Å². The Morgan fingerprint density at radius 2 is 2.00 bits per heavy atom. The Morgan fingerprint density at radius 1 is 1.24 bits per heavy atom. The number of hydrogen-bond donors (Lipinski definition) is 2. The lowest BCUT2D eigenvalue weighted by atomic mass is 10.1. The number of rotatable bonds is 6. The Hall–Kier alpha value is -1.55. The van der Waals surface area contributed by atoms with Gasteiger partial charge in [-0.3, -0.25) is 4.99 Å². The van der Waals surface area contributed by atoms with Crippen molar-refractivity contribution < 1.29 is 12.8 Å². The standard InChI is InChI=1S/C17H23N3O3S.HI/c1-13-11-14(6-7-16(13)24(3,21)22)12-20-17(18-2)19-9-8-15-5-4-10-23-15;/h4-7,10-11H,8-9,12H2,1-3H3,(H2,18,19,20);1H. The second kappa shape index (κ2) is 9.81. The zero-order valence-corrected chi connectivity index (χ0v) is 17.7. The number of furan rings is 1. The van der Waals surface area contributed by atoms with Crippen LogP contribution < -0.4 is 10.6 Å². The molecule has 0 saturated heterocycles. The first kappa shape index (κ1) is 21.5. The first-order valence-electron chi connectivity index (χ1n) is 7.66. The molecule has 0 atom stereocenters. The summed E-state index contributed by atoms with van der Waals surface area (Å²) in [5, 5.41) is 6.42. The predicted octanol–water partition coefficient (Wildman–Crippen LogP) is 2.52. The highest BCUT2D eigenvalue weighted by atomic mass is 127. The van der Waals surface area contributed by atoms with Gasteiger partial charge in [-0.15, -0.1) is 24.0 Å². The summed E-state index contributed by atoms with van der Waals surface area (Å²) >= 11 is 0. The van der Waals surface area contributed by atoms with Crippen molar-refractivity contribution in [2.75, 3.05) is 19.8 Å². The molecule has 0 aliphatic carbocycles. The largest absolute Gasteiger partial charge is 0.469 e. The van der Waals surface area contributed by atoms with Gasteiger partial charge in [0.2, 0.25) is 0 Å². The topological polar surface area (TPSA) is 83.7 Å². The molecule has 2 rings (SSSR count). The summed E-state index contributed by atoms with van der Waals surface area (Å²) < 4.78 is 28.6. The highest BCUT2D eigenvalue weighted by Crippen LogP contribution is 2.16. The predicted molar refractivity (Wildman–Crippen MR) is 110 cm³/mol. The number of nitrogens with zero attached hydrogens (tertiary/aromatic N) is 1. The fraction of sp³-hybridized carbons (Fsp3) is 0.353. The van der Waals surface area contributed by atoms with Gasteiger partial charge in [-0.25, -0.2) is 8.42 Å². The van der Waals surface area contributed by atoms with E-state index in [1.807, 2.05) is 24.3 Å². The minimum absolute atomic E-state index is 0. The van der Waals surface area contributed by atoms with Crippen LogP contribution >= 0.6 is 24.0 Å². The second-order valence-corrected chi connectivity index (χ2v) is 7.54. The fourth-order valence-electron chi connectivity index (χ4n) is 2.40. The first-order valence-corrected chi connectivity index (χ1v) is 9.56. The van der Waals surface area contributed by atoms with Crippen molar-refractivity contribution in [1.82, 2.24) is 10.6 Å². The Bertz CT molecular complexity index is 803. The molecular weight excluding hydrogens is 453 g/mol. The minimum atomic E-state index is -3.19. The lowest BCUT2D eigenvalue weighted by Crippen LogP contribution is -2.37. The molecule has 0 spiro atoms. The van der Waals surface area contributed by atoms with E-state index in [0.717, 1.165) is 23.3 Å². The molecule has 0 fully saturated rings. The maximum absolute atomic E-state index is 11.6. The van der Waals surface area contributed by atoms with Gasteiger partial charge >= 0.3 is 0 Å². The van der Waals surface area contributed by atoms with Crippen molar-refractivity contribution in [3.8, 4) is 0 Å². The summed E-state index contributed by atoms with van der Waals surface area (Å²) in [7, 11) is -1.48. The lowest BCUT2D eigenvalue weighted by Gasteiger charge is -2.12. The van der Waals surface area contributed by atoms with Crippen molar-refractivity contribution >= 4 is 39.8 Å². The minimum Gasteiger partial charge on any atom is -0.469 e. The summed E-state index contributed by atoms with van der Waals surface area (Å²) in [6.07, 6.45) is 3.65. The van der Waals surface area contributed by atoms with Gasteiger partial charge in [-0.2, -0.15) is 0 Å². The molecule has 0 amide bonds. The average Bonchev–Trinajstić information content (AvgIpc) is 3.02. The average molecular weight is 477 g/mol. The molecule has 2 aromatic rings. The Balaban J connectivity index is 0.00000312. The molecule has 6 nitrogen and oxygen atoms in total. The fourth-order valence-corrected chi connectivity index (χ4v) is 3.36. The third-order valence-corrected chi connectivity index (χ3v) is 4.82. The number of hydrogen-bond acceptors (Lipinski definition) is 4. The molecule has 0 aliphatic heterocycles. The number of halogens is 1. The van der Waals surface area contributed by atoms with E-state index in [2.05, 4.69) is 15.6 Å². The summed E-state index contributed by atoms with van der Waals surface area (Å²) in [6.45, 7) is 3.07. The molecule has 1 aromatic heterocycles. The van der Waals surface area contributed by atoms with E-state index in [1.165, 1.54) is 6.26 Å². The maximum Gasteiger partial charge on any atom is 0.191 e. The van der Waals surface area contributed by atoms with Crippen LogP contribution in [0.25, 0.3) is 0 Å². The van der Waals surface area contributed by atoms with Gasteiger partial charge in [0.25, 0.3) is 0 Å². The van der Waals surface area contributed by atoms with Crippen LogP contribution in [0.15, 0.2) is 50.9 Å². The number of guanidine groups is 1. The van der Waals surface area contributed by atoms with Gasteiger partial charge in [0.05, 0.1) is 11.2 Å². The van der Waals surface area contributed by atoms with Gasteiger partial charge in [0.1, 0.15) is 5.76 Å². The van der Waals surface area contributed by atoms with Gasteiger partial charge in [-0.05, 0) is 36.2 Å². The zero-order chi connectivity index (χ0) is 17.6. The molecule has 0 saturated carbocycles. The van der Waals surface area contributed by atoms with Crippen LogP contribution in [0.1, 0.15) is 16.9 Å². The van der Waals surface area contributed by atoms with Gasteiger partial charge in [0, 0.05) is 32.8 Å². The van der Waals surface area contributed by atoms with Crippen molar-refractivity contribution in [2.45, 2.75) is 24.8 Å². The molecule has 1 aromatic carbocycles. The molecule has 138 valence electrons. The van der Waals surface area contributed by atoms with Crippen LogP contribution in [-0.2, 0) is 22.8 Å². The zero-order valence-electron chi connectivity index (χ0n) is 14.6. The van der Waals surface area contributed by atoms with E-state index in [1.54, 1.807) is 26.3 Å².